The molecule has 1 saturated carbocycles. The molecule has 1 aromatic heterocycles. The zero-order valence-electron chi connectivity index (χ0n) is 23.8. The maximum absolute atomic E-state index is 13.9. The number of halogens is 3. The van der Waals surface area contributed by atoms with E-state index in [-0.39, 0.29) is 49.6 Å². The van der Waals surface area contributed by atoms with E-state index in [9.17, 15) is 24.2 Å². The van der Waals surface area contributed by atoms with Crippen molar-refractivity contribution in [3.63, 3.8) is 0 Å². The summed E-state index contributed by atoms with van der Waals surface area (Å²) in [6, 6.07) is 12.9. The molecular formula is C31H36Cl2FN3O5. The van der Waals surface area contributed by atoms with E-state index in [1.165, 1.54) is 18.2 Å². The van der Waals surface area contributed by atoms with Gasteiger partial charge in [0.1, 0.15) is 22.8 Å². The average Bonchev–Trinajstić information content (AvgIpc) is 2.93. The van der Waals surface area contributed by atoms with Crippen LogP contribution >= 0.6 is 24.0 Å². The minimum atomic E-state index is -1.49. The van der Waals surface area contributed by atoms with Gasteiger partial charge in [-0.3, -0.25) is 4.79 Å². The molecule has 0 saturated heterocycles. The number of carbonyl (C=O) groups excluding carboxylic acids is 1. The molecule has 1 heterocycles. The third-order valence-corrected chi connectivity index (χ3v) is 7.70. The molecule has 8 nitrogen and oxygen atoms in total. The van der Waals surface area contributed by atoms with Crippen LogP contribution in [0.1, 0.15) is 48.2 Å². The Balaban J connectivity index is 0.00000484. The normalized spacial score (nSPS) is 18.3. The molecule has 2 aromatic carbocycles. The Morgan fingerprint density at radius 3 is 2.45 bits per heavy atom. The monoisotopic (exact) mass is 619 g/mol. The van der Waals surface area contributed by atoms with Gasteiger partial charge in [-0.15, -0.1) is 12.4 Å². The maximum atomic E-state index is 13.9. The van der Waals surface area contributed by atoms with Crippen LogP contribution < -0.4 is 10.1 Å². The number of hydrogen-bond donors (Lipinski definition) is 3. The molecule has 1 amide bonds. The number of carbonyl (C=O) groups is 2. The van der Waals surface area contributed by atoms with E-state index in [1.807, 2.05) is 14.1 Å². The molecule has 0 atom stereocenters. The summed E-state index contributed by atoms with van der Waals surface area (Å²) in [6.45, 7) is 3.09. The summed E-state index contributed by atoms with van der Waals surface area (Å²) in [4.78, 5) is 32.3. The number of benzene rings is 2. The fourth-order valence-electron chi connectivity index (χ4n) is 5.05. The summed E-state index contributed by atoms with van der Waals surface area (Å²) in [5.74, 6) is -1.69. The number of hydrogen-bond acceptors (Lipinski definition) is 6. The largest absolute Gasteiger partial charge is 0.492 e. The maximum Gasteiger partial charge on any atom is 0.329 e. The molecule has 3 aromatic rings. The van der Waals surface area contributed by atoms with Crippen molar-refractivity contribution in [2.45, 2.75) is 50.7 Å². The quantitative estimate of drug-likeness (QED) is 0.247. The highest BCUT2D eigenvalue weighted by Gasteiger charge is 2.43. The molecule has 1 aliphatic rings. The van der Waals surface area contributed by atoms with Crippen molar-refractivity contribution >= 4 is 35.9 Å². The predicted molar refractivity (Wildman–Crippen MR) is 163 cm³/mol. The van der Waals surface area contributed by atoms with Gasteiger partial charge in [0.05, 0.1) is 23.4 Å². The molecule has 0 aliphatic heterocycles. The van der Waals surface area contributed by atoms with Gasteiger partial charge in [-0.25, -0.2) is 14.2 Å². The molecule has 3 N–H and O–H groups in total. The Kier molecular flexibility index (Phi) is 11.3. The van der Waals surface area contributed by atoms with Gasteiger partial charge >= 0.3 is 5.97 Å². The summed E-state index contributed by atoms with van der Waals surface area (Å²) in [7, 11) is 3.97. The first-order valence-corrected chi connectivity index (χ1v) is 14.0. The second-order valence-electron chi connectivity index (χ2n) is 10.8. The standard InChI is InChI=1S/C31H35ClFN3O5.ClH/c1-19-17-21(33)6-7-23(19)24-8-10-26(29(38)35-31(30(39)40)13-11-22(37)12-14-31)34-28(24)20-5-9-25(32)27(18-20)41-16-4-15-36(2)3;/h5-10,17-18,22,37H,4,11-16H2,1-3H3,(H,35,38)(H,39,40);1H. The first kappa shape index (κ1) is 33.3. The predicted octanol–water partition coefficient (Wildman–Crippen LogP) is 5.76. The smallest absolute Gasteiger partial charge is 0.329 e. The molecular weight excluding hydrogens is 584 g/mol. The van der Waals surface area contributed by atoms with Gasteiger partial charge in [0, 0.05) is 17.7 Å². The molecule has 0 bridgehead atoms. The molecule has 1 fully saturated rings. The second kappa shape index (κ2) is 14.3. The van der Waals surface area contributed by atoms with Gasteiger partial charge in [-0.05, 0) is 101 Å². The number of carboxylic acids is 1. The number of nitrogens with one attached hydrogen (secondary N) is 1. The van der Waals surface area contributed by atoms with Crippen LogP contribution in [0.5, 0.6) is 5.75 Å². The lowest BCUT2D eigenvalue weighted by molar-refractivity contribution is -0.146. The molecule has 0 radical (unpaired) electrons. The van der Waals surface area contributed by atoms with E-state index in [4.69, 9.17) is 21.3 Å². The summed E-state index contributed by atoms with van der Waals surface area (Å²) < 4.78 is 19.9. The third-order valence-electron chi connectivity index (χ3n) is 7.39. The van der Waals surface area contributed by atoms with Crippen LogP contribution in [-0.4, -0.2) is 70.9 Å². The number of ether oxygens (including phenoxy) is 1. The van der Waals surface area contributed by atoms with Crippen LogP contribution in [-0.2, 0) is 4.79 Å². The fraction of sp³-hybridized carbons (Fsp3) is 0.387. The van der Waals surface area contributed by atoms with E-state index < -0.39 is 23.5 Å². The summed E-state index contributed by atoms with van der Waals surface area (Å²) in [5, 5.41) is 22.9. The van der Waals surface area contributed by atoms with Gasteiger partial charge in [-0.1, -0.05) is 23.7 Å². The Bertz CT molecular complexity index is 1430. The number of pyridine rings is 1. The number of amides is 1. The molecule has 1 aliphatic carbocycles. The van der Waals surface area contributed by atoms with Crippen LogP contribution in [0, 0.1) is 12.7 Å². The highest BCUT2D eigenvalue weighted by atomic mass is 35.5. The molecule has 42 heavy (non-hydrogen) atoms. The van der Waals surface area contributed by atoms with E-state index in [2.05, 4.69) is 10.2 Å². The van der Waals surface area contributed by atoms with Crippen molar-refractivity contribution in [1.29, 1.82) is 0 Å². The van der Waals surface area contributed by atoms with Crippen molar-refractivity contribution in [2.75, 3.05) is 27.2 Å². The number of aryl methyl sites for hydroxylation is 1. The van der Waals surface area contributed by atoms with Crippen molar-refractivity contribution in [3.05, 3.63) is 70.6 Å². The van der Waals surface area contributed by atoms with Crippen molar-refractivity contribution in [2.24, 2.45) is 0 Å². The third kappa shape index (κ3) is 7.77. The first-order chi connectivity index (χ1) is 19.5. The Morgan fingerprint density at radius 2 is 1.81 bits per heavy atom. The minimum absolute atomic E-state index is 0. The lowest BCUT2D eigenvalue weighted by Gasteiger charge is -2.35. The van der Waals surface area contributed by atoms with Crippen molar-refractivity contribution < 1.29 is 28.9 Å². The minimum Gasteiger partial charge on any atom is -0.492 e. The molecule has 11 heteroatoms. The van der Waals surface area contributed by atoms with Crippen molar-refractivity contribution in [1.82, 2.24) is 15.2 Å². The highest BCUT2D eigenvalue weighted by molar-refractivity contribution is 6.32. The number of aliphatic hydroxyl groups is 1. The highest BCUT2D eigenvalue weighted by Crippen LogP contribution is 2.37. The fourth-order valence-corrected chi connectivity index (χ4v) is 5.22. The van der Waals surface area contributed by atoms with Crippen LogP contribution in [0.3, 0.4) is 0 Å². The molecule has 0 spiro atoms. The van der Waals surface area contributed by atoms with Gasteiger partial charge in [0.2, 0.25) is 0 Å². The number of aromatic nitrogens is 1. The average molecular weight is 621 g/mol. The summed E-state index contributed by atoms with van der Waals surface area (Å²) in [6.07, 6.45) is 0.976. The lowest BCUT2D eigenvalue weighted by atomic mass is 9.80. The zero-order valence-corrected chi connectivity index (χ0v) is 25.4. The van der Waals surface area contributed by atoms with E-state index >= 15 is 0 Å². The topological polar surface area (TPSA) is 112 Å². The van der Waals surface area contributed by atoms with E-state index in [0.717, 1.165) is 18.5 Å². The Hall–Kier alpha value is -3.24. The molecule has 4 rings (SSSR count). The van der Waals surface area contributed by atoms with Gasteiger partial charge < -0.3 is 25.2 Å². The number of rotatable bonds is 10. The van der Waals surface area contributed by atoms with Crippen LogP contribution in [0.25, 0.3) is 22.4 Å². The van der Waals surface area contributed by atoms with Gasteiger partial charge in [-0.2, -0.15) is 0 Å². The number of nitrogens with zero attached hydrogens (tertiary/aromatic N) is 2. The van der Waals surface area contributed by atoms with Crippen LogP contribution in [0.4, 0.5) is 4.39 Å². The van der Waals surface area contributed by atoms with Crippen LogP contribution in [0.2, 0.25) is 5.02 Å². The molecule has 226 valence electrons. The zero-order chi connectivity index (χ0) is 29.7. The van der Waals surface area contributed by atoms with Gasteiger partial charge in [0.25, 0.3) is 5.91 Å². The van der Waals surface area contributed by atoms with Gasteiger partial charge in [0.15, 0.2) is 0 Å². The SMILES string of the molecule is Cc1cc(F)ccc1-c1ccc(C(=O)NC2(C(=O)O)CCC(O)CC2)nc1-c1ccc(Cl)c(OCCCN(C)C)c1.Cl. The lowest BCUT2D eigenvalue weighted by Crippen LogP contribution is -2.57. The number of carboxylic acid groups (broad SMARTS) is 1. The molecule has 0 unspecified atom stereocenters. The Morgan fingerprint density at radius 1 is 1.12 bits per heavy atom. The first-order valence-electron chi connectivity index (χ1n) is 13.6. The summed E-state index contributed by atoms with van der Waals surface area (Å²) >= 11 is 6.43. The van der Waals surface area contributed by atoms with E-state index in [1.54, 1.807) is 37.3 Å². The summed E-state index contributed by atoms with van der Waals surface area (Å²) in [5.41, 5.74) is 1.67. The van der Waals surface area contributed by atoms with Crippen molar-refractivity contribution in [3.8, 4) is 28.1 Å². The second-order valence-corrected chi connectivity index (χ2v) is 11.2. The number of aliphatic carboxylic acids is 1. The van der Waals surface area contributed by atoms with E-state index in [0.29, 0.717) is 39.8 Å². The Labute approximate surface area is 256 Å². The number of aliphatic hydroxyl groups excluding tert-OH is 1. The van der Waals surface area contributed by atoms with Crippen LogP contribution in [0.15, 0.2) is 48.5 Å².